The number of rotatable bonds is 2. The van der Waals surface area contributed by atoms with Crippen molar-refractivity contribution in [2.45, 2.75) is 25.3 Å². The Hall–Kier alpha value is -1.93. The lowest BCUT2D eigenvalue weighted by molar-refractivity contribution is -0.119. The van der Waals surface area contributed by atoms with E-state index < -0.39 is 5.82 Å². The van der Waals surface area contributed by atoms with Gasteiger partial charge in [0.05, 0.1) is 5.69 Å². The molecule has 18 heavy (non-hydrogen) atoms. The number of hydrogen-bond donors (Lipinski definition) is 2. The molecule has 0 radical (unpaired) electrons. The first-order valence-corrected chi connectivity index (χ1v) is 5.87. The normalized spacial score (nSPS) is 22.5. The molecule has 2 rings (SSSR count). The standard InChI is InChI=1S/C13H14FN3O/c14-11-2-1-3-12(10(11)7-15)17-13(18)8-4-5-9(16)6-8/h1-3,8-9H,4-6,16H2,(H,17,18). The molecule has 0 aliphatic heterocycles. The molecule has 1 saturated carbocycles. The molecule has 0 heterocycles. The Morgan fingerprint density at radius 1 is 1.50 bits per heavy atom. The second-order valence-electron chi connectivity index (χ2n) is 4.53. The minimum atomic E-state index is -0.626. The zero-order valence-electron chi connectivity index (χ0n) is 9.82. The van der Waals surface area contributed by atoms with Crippen LogP contribution in [0, 0.1) is 23.1 Å². The summed E-state index contributed by atoms with van der Waals surface area (Å²) < 4.78 is 13.3. The van der Waals surface area contributed by atoms with Crippen LogP contribution in [0.25, 0.3) is 0 Å². The predicted octanol–water partition coefficient (Wildman–Crippen LogP) is 1.76. The molecular formula is C13H14FN3O. The number of nitrogens with zero attached hydrogens (tertiary/aromatic N) is 1. The highest BCUT2D eigenvalue weighted by Gasteiger charge is 2.28. The molecule has 0 bridgehead atoms. The Kier molecular flexibility index (Phi) is 3.58. The number of halogens is 1. The summed E-state index contributed by atoms with van der Waals surface area (Å²) in [5.74, 6) is -0.960. The minimum absolute atomic E-state index is 0.0590. The van der Waals surface area contributed by atoms with Crippen molar-refractivity contribution >= 4 is 11.6 Å². The van der Waals surface area contributed by atoms with Crippen molar-refractivity contribution in [2.24, 2.45) is 11.7 Å². The topological polar surface area (TPSA) is 78.9 Å². The number of hydrogen-bond acceptors (Lipinski definition) is 3. The average molecular weight is 247 g/mol. The fourth-order valence-corrected chi connectivity index (χ4v) is 2.23. The summed E-state index contributed by atoms with van der Waals surface area (Å²) in [7, 11) is 0. The van der Waals surface area contributed by atoms with Gasteiger partial charge in [0.15, 0.2) is 0 Å². The Morgan fingerprint density at radius 2 is 2.28 bits per heavy atom. The van der Waals surface area contributed by atoms with Crippen LogP contribution in [0.1, 0.15) is 24.8 Å². The van der Waals surface area contributed by atoms with Crippen molar-refractivity contribution < 1.29 is 9.18 Å². The number of amides is 1. The smallest absolute Gasteiger partial charge is 0.227 e. The van der Waals surface area contributed by atoms with E-state index in [1.807, 2.05) is 0 Å². The van der Waals surface area contributed by atoms with Crippen LogP contribution >= 0.6 is 0 Å². The summed E-state index contributed by atoms with van der Waals surface area (Å²) in [5.41, 5.74) is 5.84. The average Bonchev–Trinajstić information content (AvgIpc) is 2.76. The summed E-state index contributed by atoms with van der Waals surface area (Å²) in [6.45, 7) is 0. The minimum Gasteiger partial charge on any atom is -0.328 e. The molecule has 1 aromatic carbocycles. The van der Waals surface area contributed by atoms with E-state index in [1.54, 1.807) is 6.07 Å². The summed E-state index contributed by atoms with van der Waals surface area (Å²) in [6.07, 6.45) is 2.21. The van der Waals surface area contributed by atoms with Gasteiger partial charge in [-0.2, -0.15) is 5.26 Å². The van der Waals surface area contributed by atoms with Crippen molar-refractivity contribution in [3.8, 4) is 6.07 Å². The molecule has 1 aromatic rings. The summed E-state index contributed by atoms with van der Waals surface area (Å²) in [5, 5.41) is 11.5. The maximum absolute atomic E-state index is 13.3. The molecule has 1 amide bonds. The predicted molar refractivity (Wildman–Crippen MR) is 65.1 cm³/mol. The lowest BCUT2D eigenvalue weighted by Crippen LogP contribution is -2.23. The van der Waals surface area contributed by atoms with Crippen molar-refractivity contribution in [3.63, 3.8) is 0 Å². The molecule has 1 aliphatic rings. The number of benzene rings is 1. The maximum Gasteiger partial charge on any atom is 0.227 e. The third-order valence-electron chi connectivity index (χ3n) is 3.23. The summed E-state index contributed by atoms with van der Waals surface area (Å²) in [6, 6.07) is 5.99. The number of anilines is 1. The molecule has 4 nitrogen and oxygen atoms in total. The van der Waals surface area contributed by atoms with Crippen molar-refractivity contribution in [1.82, 2.24) is 0 Å². The number of nitrogens with two attached hydrogens (primary N) is 1. The molecular weight excluding hydrogens is 233 g/mol. The van der Waals surface area contributed by atoms with Crippen LogP contribution in [0.3, 0.4) is 0 Å². The van der Waals surface area contributed by atoms with E-state index in [0.29, 0.717) is 6.42 Å². The first-order chi connectivity index (χ1) is 8.61. The first kappa shape index (κ1) is 12.5. The lowest BCUT2D eigenvalue weighted by atomic mass is 10.1. The third-order valence-corrected chi connectivity index (χ3v) is 3.23. The molecule has 94 valence electrons. The van der Waals surface area contributed by atoms with E-state index >= 15 is 0 Å². The fraction of sp³-hybridized carbons (Fsp3) is 0.385. The van der Waals surface area contributed by atoms with Gasteiger partial charge in [0, 0.05) is 12.0 Å². The largest absolute Gasteiger partial charge is 0.328 e. The number of carbonyl (C=O) groups is 1. The van der Waals surface area contributed by atoms with Crippen molar-refractivity contribution in [2.75, 3.05) is 5.32 Å². The molecule has 2 atom stereocenters. The molecule has 1 aliphatic carbocycles. The Balaban J connectivity index is 2.13. The van der Waals surface area contributed by atoms with Crippen LogP contribution in [-0.2, 0) is 4.79 Å². The molecule has 5 heteroatoms. The van der Waals surface area contributed by atoms with Gasteiger partial charge >= 0.3 is 0 Å². The monoisotopic (exact) mass is 247 g/mol. The quantitative estimate of drug-likeness (QED) is 0.835. The molecule has 3 N–H and O–H groups in total. The number of carbonyl (C=O) groups excluding carboxylic acids is 1. The Bertz CT molecular complexity index is 509. The molecule has 0 aromatic heterocycles. The van der Waals surface area contributed by atoms with Crippen molar-refractivity contribution in [1.29, 1.82) is 5.26 Å². The molecule has 2 unspecified atom stereocenters. The van der Waals surface area contributed by atoms with Gasteiger partial charge in [-0.3, -0.25) is 4.79 Å². The zero-order valence-corrected chi connectivity index (χ0v) is 9.82. The maximum atomic E-state index is 13.3. The van der Waals surface area contributed by atoms with Crippen LogP contribution in [-0.4, -0.2) is 11.9 Å². The molecule has 0 spiro atoms. The zero-order chi connectivity index (χ0) is 13.1. The molecule has 1 fully saturated rings. The lowest BCUT2D eigenvalue weighted by Gasteiger charge is -2.12. The van der Waals surface area contributed by atoms with Gasteiger partial charge in [0.25, 0.3) is 0 Å². The summed E-state index contributed by atoms with van der Waals surface area (Å²) in [4.78, 5) is 11.9. The van der Waals surface area contributed by atoms with E-state index in [1.165, 1.54) is 18.2 Å². The SMILES string of the molecule is N#Cc1c(F)cccc1NC(=O)C1CCC(N)C1. The number of nitrogens with one attached hydrogen (secondary N) is 1. The van der Waals surface area contributed by atoms with Crippen LogP contribution in [0.15, 0.2) is 18.2 Å². The van der Waals surface area contributed by atoms with Crippen molar-refractivity contribution in [3.05, 3.63) is 29.6 Å². The Labute approximate surface area is 105 Å². The highest BCUT2D eigenvalue weighted by Crippen LogP contribution is 2.26. The van der Waals surface area contributed by atoms with E-state index in [9.17, 15) is 9.18 Å². The highest BCUT2D eigenvalue weighted by atomic mass is 19.1. The van der Waals surface area contributed by atoms with Crippen LogP contribution in [0.2, 0.25) is 0 Å². The third kappa shape index (κ3) is 2.49. The fourth-order valence-electron chi connectivity index (χ4n) is 2.23. The van der Waals surface area contributed by atoms with Gasteiger partial charge in [0.2, 0.25) is 5.91 Å². The van der Waals surface area contributed by atoms with E-state index in [2.05, 4.69) is 5.32 Å². The second-order valence-corrected chi connectivity index (χ2v) is 4.53. The first-order valence-electron chi connectivity index (χ1n) is 5.87. The van der Waals surface area contributed by atoms with Crippen LogP contribution in [0.4, 0.5) is 10.1 Å². The Morgan fingerprint density at radius 3 is 2.89 bits per heavy atom. The van der Waals surface area contributed by atoms with E-state index in [4.69, 9.17) is 11.0 Å². The van der Waals surface area contributed by atoms with Gasteiger partial charge in [-0.1, -0.05) is 6.07 Å². The van der Waals surface area contributed by atoms with Gasteiger partial charge in [-0.25, -0.2) is 4.39 Å². The summed E-state index contributed by atoms with van der Waals surface area (Å²) >= 11 is 0. The van der Waals surface area contributed by atoms with Gasteiger partial charge in [0.1, 0.15) is 17.4 Å². The highest BCUT2D eigenvalue weighted by molar-refractivity contribution is 5.94. The van der Waals surface area contributed by atoms with E-state index in [0.717, 1.165) is 12.8 Å². The van der Waals surface area contributed by atoms with Gasteiger partial charge in [-0.05, 0) is 31.4 Å². The van der Waals surface area contributed by atoms with Crippen LogP contribution in [0.5, 0.6) is 0 Å². The van der Waals surface area contributed by atoms with Gasteiger partial charge in [-0.15, -0.1) is 0 Å². The second kappa shape index (κ2) is 5.15. The van der Waals surface area contributed by atoms with Gasteiger partial charge < -0.3 is 11.1 Å². The number of nitriles is 1. The van der Waals surface area contributed by atoms with E-state index in [-0.39, 0.29) is 29.1 Å². The molecule has 0 saturated heterocycles. The van der Waals surface area contributed by atoms with Crippen LogP contribution < -0.4 is 11.1 Å².